The van der Waals surface area contributed by atoms with Gasteiger partial charge < -0.3 is 0 Å². The van der Waals surface area contributed by atoms with E-state index in [-0.39, 0.29) is 0 Å². The highest BCUT2D eigenvalue weighted by Crippen LogP contribution is 2.41. The predicted octanol–water partition coefficient (Wildman–Crippen LogP) is 3.95. The van der Waals surface area contributed by atoms with Crippen molar-refractivity contribution < 1.29 is 0 Å². The van der Waals surface area contributed by atoms with Crippen LogP contribution in [0, 0.1) is 0 Å². The molecule has 1 saturated carbocycles. The molecule has 2 aromatic heterocycles. The average molecular weight is 344 g/mol. The van der Waals surface area contributed by atoms with Gasteiger partial charge in [-0.15, -0.1) is 0 Å². The molecular weight excluding hydrogens is 320 g/mol. The zero-order valence-electron chi connectivity index (χ0n) is 15.0. The van der Waals surface area contributed by atoms with E-state index < -0.39 is 0 Å². The summed E-state index contributed by atoms with van der Waals surface area (Å²) in [4.78, 5) is 7.00. The topological polar surface area (TPSA) is 44.8 Å². The molecule has 1 fully saturated rings. The predicted molar refractivity (Wildman–Crippen MR) is 103 cm³/mol. The number of rotatable bonds is 4. The van der Waals surface area contributed by atoms with Crippen LogP contribution in [0.5, 0.6) is 0 Å². The summed E-state index contributed by atoms with van der Waals surface area (Å²) in [5.74, 6) is 0.737. The van der Waals surface area contributed by atoms with E-state index in [1.54, 1.807) is 0 Å². The smallest absolute Gasteiger partial charge is 0.0701 e. The van der Waals surface area contributed by atoms with Crippen LogP contribution in [0.3, 0.4) is 0 Å². The van der Waals surface area contributed by atoms with E-state index in [1.165, 1.54) is 40.9 Å². The summed E-state index contributed by atoms with van der Waals surface area (Å²) < 4.78 is 0. The van der Waals surface area contributed by atoms with Crippen molar-refractivity contribution in [3.63, 3.8) is 0 Å². The van der Waals surface area contributed by atoms with Gasteiger partial charge in [-0.3, -0.25) is 15.0 Å². The minimum Gasteiger partial charge on any atom is -0.298 e. The van der Waals surface area contributed by atoms with Crippen LogP contribution in [-0.4, -0.2) is 33.2 Å². The molecule has 0 atom stereocenters. The lowest BCUT2D eigenvalue weighted by Crippen LogP contribution is -2.26. The standard InChI is InChI=1S/C22H24N4/c1-2-12-23-20(3-1)17-6-4-16(5-7-17)15-26-13-10-19-21(11-14-26)24-25-22(19)18-8-9-18/h1-7,12,18H,8-11,13-15H2,(H,24,25). The Morgan fingerprint density at radius 2 is 1.85 bits per heavy atom. The van der Waals surface area contributed by atoms with E-state index in [1.807, 2.05) is 18.3 Å². The molecule has 5 rings (SSSR count). The summed E-state index contributed by atoms with van der Waals surface area (Å²) in [6.07, 6.45) is 6.71. The number of aromatic nitrogens is 3. The minimum atomic E-state index is 0.737. The van der Waals surface area contributed by atoms with Crippen molar-refractivity contribution in [3.8, 4) is 11.3 Å². The molecule has 1 aliphatic heterocycles. The number of aromatic amines is 1. The van der Waals surface area contributed by atoms with Gasteiger partial charge in [-0.1, -0.05) is 30.3 Å². The first-order chi connectivity index (χ1) is 12.9. The number of fused-ring (bicyclic) bond motifs is 1. The van der Waals surface area contributed by atoms with Crippen LogP contribution in [0.25, 0.3) is 11.3 Å². The first-order valence-corrected chi connectivity index (χ1v) is 9.65. The van der Waals surface area contributed by atoms with Crippen molar-refractivity contribution in [2.45, 2.75) is 38.1 Å². The molecule has 0 saturated heterocycles. The summed E-state index contributed by atoms with van der Waals surface area (Å²) in [5, 5.41) is 7.91. The van der Waals surface area contributed by atoms with E-state index in [2.05, 4.69) is 50.4 Å². The number of hydrogen-bond acceptors (Lipinski definition) is 3. The molecule has 3 aromatic rings. The van der Waals surface area contributed by atoms with Crippen molar-refractivity contribution in [2.75, 3.05) is 13.1 Å². The molecule has 26 heavy (non-hydrogen) atoms. The quantitative estimate of drug-likeness (QED) is 0.779. The third-order valence-electron chi connectivity index (χ3n) is 5.63. The third-order valence-corrected chi connectivity index (χ3v) is 5.63. The van der Waals surface area contributed by atoms with Gasteiger partial charge in [-0.25, -0.2) is 0 Å². The number of H-pyrrole nitrogens is 1. The van der Waals surface area contributed by atoms with E-state index in [9.17, 15) is 0 Å². The highest BCUT2D eigenvalue weighted by atomic mass is 15.2. The Morgan fingerprint density at radius 1 is 1.00 bits per heavy atom. The molecule has 1 aliphatic carbocycles. The van der Waals surface area contributed by atoms with Gasteiger partial charge in [-0.05, 0) is 42.5 Å². The van der Waals surface area contributed by atoms with E-state index >= 15 is 0 Å². The highest BCUT2D eigenvalue weighted by molar-refractivity contribution is 5.58. The Morgan fingerprint density at radius 3 is 2.62 bits per heavy atom. The molecule has 0 amide bonds. The van der Waals surface area contributed by atoms with Crippen LogP contribution >= 0.6 is 0 Å². The fraction of sp³-hybridized carbons (Fsp3) is 0.364. The molecule has 1 N–H and O–H groups in total. The lowest BCUT2D eigenvalue weighted by molar-refractivity contribution is 0.278. The summed E-state index contributed by atoms with van der Waals surface area (Å²) in [6, 6.07) is 14.9. The van der Waals surface area contributed by atoms with Gasteiger partial charge in [0.2, 0.25) is 0 Å². The molecule has 0 spiro atoms. The zero-order valence-corrected chi connectivity index (χ0v) is 15.0. The van der Waals surface area contributed by atoms with Gasteiger partial charge in [0.1, 0.15) is 0 Å². The molecule has 0 unspecified atom stereocenters. The Labute approximate surface area is 154 Å². The number of nitrogens with one attached hydrogen (secondary N) is 1. The van der Waals surface area contributed by atoms with Crippen molar-refractivity contribution in [1.82, 2.24) is 20.1 Å². The normalized spacial score (nSPS) is 17.7. The van der Waals surface area contributed by atoms with Gasteiger partial charge in [0.05, 0.1) is 11.4 Å². The lowest BCUT2D eigenvalue weighted by atomic mass is 10.1. The first-order valence-electron chi connectivity index (χ1n) is 9.65. The van der Waals surface area contributed by atoms with Crippen molar-refractivity contribution in [2.24, 2.45) is 0 Å². The van der Waals surface area contributed by atoms with Crippen LogP contribution in [0.1, 0.15) is 41.3 Å². The Hall–Kier alpha value is -2.46. The fourth-order valence-corrected chi connectivity index (χ4v) is 3.98. The molecule has 4 nitrogen and oxygen atoms in total. The molecule has 132 valence electrons. The number of pyridine rings is 1. The SMILES string of the molecule is c1ccc(-c2ccc(CN3CCc4[nH]nc(C5CC5)c4CC3)cc2)nc1. The maximum Gasteiger partial charge on any atom is 0.0701 e. The highest BCUT2D eigenvalue weighted by Gasteiger charge is 2.31. The summed E-state index contributed by atoms with van der Waals surface area (Å²) >= 11 is 0. The fourth-order valence-electron chi connectivity index (χ4n) is 3.98. The average Bonchev–Trinajstić information content (AvgIpc) is 3.49. The van der Waals surface area contributed by atoms with Crippen LogP contribution in [0.15, 0.2) is 48.7 Å². The summed E-state index contributed by atoms with van der Waals surface area (Å²) in [7, 11) is 0. The van der Waals surface area contributed by atoms with Crippen LogP contribution in [0.4, 0.5) is 0 Å². The van der Waals surface area contributed by atoms with E-state index in [4.69, 9.17) is 0 Å². The van der Waals surface area contributed by atoms with Crippen molar-refractivity contribution in [3.05, 3.63) is 71.2 Å². The summed E-state index contributed by atoms with van der Waals surface area (Å²) in [6.45, 7) is 3.23. The molecule has 1 aromatic carbocycles. The van der Waals surface area contributed by atoms with Crippen LogP contribution < -0.4 is 0 Å². The van der Waals surface area contributed by atoms with Gasteiger partial charge >= 0.3 is 0 Å². The Kier molecular flexibility index (Phi) is 4.06. The molecule has 0 bridgehead atoms. The maximum absolute atomic E-state index is 4.60. The largest absolute Gasteiger partial charge is 0.298 e. The Bertz CT molecular complexity index is 878. The second-order valence-electron chi connectivity index (χ2n) is 7.53. The number of hydrogen-bond donors (Lipinski definition) is 1. The molecular formula is C22H24N4. The van der Waals surface area contributed by atoms with Gasteiger partial charge in [0.25, 0.3) is 0 Å². The van der Waals surface area contributed by atoms with Crippen molar-refractivity contribution >= 4 is 0 Å². The Balaban J connectivity index is 1.26. The monoisotopic (exact) mass is 344 g/mol. The second kappa shape index (κ2) is 6.69. The lowest BCUT2D eigenvalue weighted by Gasteiger charge is -2.20. The van der Waals surface area contributed by atoms with Crippen LogP contribution in [0.2, 0.25) is 0 Å². The first kappa shape index (κ1) is 15.8. The van der Waals surface area contributed by atoms with Gasteiger partial charge in [0, 0.05) is 49.4 Å². The van der Waals surface area contributed by atoms with Crippen LogP contribution in [-0.2, 0) is 19.4 Å². The van der Waals surface area contributed by atoms with E-state index in [0.717, 1.165) is 44.1 Å². The molecule has 4 heteroatoms. The number of nitrogens with zero attached hydrogens (tertiary/aromatic N) is 3. The minimum absolute atomic E-state index is 0.737. The number of benzene rings is 1. The second-order valence-corrected chi connectivity index (χ2v) is 7.53. The molecule has 3 heterocycles. The third kappa shape index (κ3) is 3.17. The molecule has 0 radical (unpaired) electrons. The van der Waals surface area contributed by atoms with Crippen molar-refractivity contribution in [1.29, 1.82) is 0 Å². The van der Waals surface area contributed by atoms with Gasteiger partial charge in [-0.2, -0.15) is 5.10 Å². The van der Waals surface area contributed by atoms with Gasteiger partial charge in [0.15, 0.2) is 0 Å². The molecule has 2 aliphatic rings. The zero-order chi connectivity index (χ0) is 17.3. The summed E-state index contributed by atoms with van der Waals surface area (Å²) in [5.41, 5.74) is 7.84. The van der Waals surface area contributed by atoms with E-state index in [0.29, 0.717) is 0 Å². The maximum atomic E-state index is 4.60.